The summed E-state index contributed by atoms with van der Waals surface area (Å²) in [7, 11) is 1.62. The highest BCUT2D eigenvalue weighted by atomic mass is 16.5. The highest BCUT2D eigenvalue weighted by Crippen LogP contribution is 2.39. The first kappa shape index (κ1) is 13.2. The van der Waals surface area contributed by atoms with E-state index in [1.54, 1.807) is 13.2 Å². The molecule has 0 unspecified atom stereocenters. The fourth-order valence-electron chi connectivity index (χ4n) is 3.34. The molecule has 0 saturated carbocycles. The summed E-state index contributed by atoms with van der Waals surface area (Å²) < 4.78 is 17.1. The molecule has 0 bridgehead atoms. The van der Waals surface area contributed by atoms with Crippen LogP contribution in [-0.2, 0) is 0 Å². The second-order valence-electron chi connectivity index (χ2n) is 5.69. The molecule has 0 aliphatic heterocycles. The third kappa shape index (κ3) is 1.60. The van der Waals surface area contributed by atoms with E-state index < -0.39 is 5.63 Å². The Morgan fingerprint density at radius 1 is 0.792 bits per heavy atom. The van der Waals surface area contributed by atoms with Gasteiger partial charge in [-0.2, -0.15) is 0 Å². The molecule has 0 spiro atoms. The smallest absolute Gasteiger partial charge is 0.348 e. The summed E-state index contributed by atoms with van der Waals surface area (Å²) in [6.07, 6.45) is 0. The molecule has 24 heavy (non-hydrogen) atoms. The van der Waals surface area contributed by atoms with Crippen molar-refractivity contribution < 1.29 is 13.6 Å². The van der Waals surface area contributed by atoms with Gasteiger partial charge in [0.2, 0.25) is 0 Å². The summed E-state index contributed by atoms with van der Waals surface area (Å²) in [5, 5.41) is 3.80. The Morgan fingerprint density at radius 3 is 2.29 bits per heavy atom. The van der Waals surface area contributed by atoms with E-state index in [-0.39, 0.29) is 0 Å². The predicted octanol–water partition coefficient (Wildman–Crippen LogP) is 4.85. The lowest BCUT2D eigenvalue weighted by atomic mass is 10.0. The van der Waals surface area contributed by atoms with E-state index in [1.807, 2.05) is 48.5 Å². The van der Waals surface area contributed by atoms with Crippen LogP contribution < -0.4 is 10.4 Å². The summed E-state index contributed by atoms with van der Waals surface area (Å²) in [6.45, 7) is 0. The minimum Gasteiger partial charge on any atom is -0.496 e. The van der Waals surface area contributed by atoms with Crippen LogP contribution >= 0.6 is 0 Å². The highest BCUT2D eigenvalue weighted by Gasteiger charge is 2.19. The molecule has 5 rings (SSSR count). The molecular weight excluding hydrogens is 304 g/mol. The van der Waals surface area contributed by atoms with Gasteiger partial charge in [0.15, 0.2) is 5.58 Å². The van der Waals surface area contributed by atoms with E-state index >= 15 is 0 Å². The van der Waals surface area contributed by atoms with E-state index in [4.69, 9.17) is 13.6 Å². The quantitative estimate of drug-likeness (QED) is 0.415. The molecule has 3 aromatic carbocycles. The van der Waals surface area contributed by atoms with Gasteiger partial charge in [-0.25, -0.2) is 4.79 Å². The third-order valence-electron chi connectivity index (χ3n) is 4.42. The van der Waals surface area contributed by atoms with Crippen molar-refractivity contribution >= 4 is 43.7 Å². The maximum Gasteiger partial charge on any atom is 0.348 e. The molecule has 0 aliphatic carbocycles. The molecule has 2 aromatic heterocycles. The van der Waals surface area contributed by atoms with Gasteiger partial charge in [0.1, 0.15) is 22.3 Å². The van der Waals surface area contributed by atoms with E-state index in [0.29, 0.717) is 33.3 Å². The number of benzene rings is 3. The zero-order valence-corrected chi connectivity index (χ0v) is 12.8. The maximum atomic E-state index is 12.5. The molecular formula is C20H12O4. The zero-order chi connectivity index (χ0) is 16.3. The van der Waals surface area contributed by atoms with Gasteiger partial charge in [0, 0.05) is 16.2 Å². The van der Waals surface area contributed by atoms with Crippen LogP contribution in [0, 0.1) is 0 Å². The van der Waals surface area contributed by atoms with E-state index in [1.165, 1.54) is 0 Å². The van der Waals surface area contributed by atoms with Gasteiger partial charge < -0.3 is 13.6 Å². The lowest BCUT2D eigenvalue weighted by Gasteiger charge is -2.05. The normalized spacial score (nSPS) is 11.7. The van der Waals surface area contributed by atoms with Crippen LogP contribution in [0.5, 0.6) is 5.75 Å². The minimum atomic E-state index is -0.403. The van der Waals surface area contributed by atoms with E-state index in [2.05, 4.69) is 0 Å². The molecule has 0 N–H and O–H groups in total. The Morgan fingerprint density at radius 2 is 1.50 bits per heavy atom. The first-order valence-corrected chi connectivity index (χ1v) is 7.62. The summed E-state index contributed by atoms with van der Waals surface area (Å²) >= 11 is 0. The summed E-state index contributed by atoms with van der Waals surface area (Å²) in [6, 6.07) is 17.1. The van der Waals surface area contributed by atoms with Crippen molar-refractivity contribution in [3.05, 3.63) is 65.0 Å². The molecule has 2 heterocycles. The standard InChI is InChI=1S/C20H12O4/c1-22-16-10-14-17-19(13-8-4-5-9-15(13)23-20(17)21)24-18(14)12-7-3-2-6-11(12)16/h2-10H,1H3. The average molecular weight is 316 g/mol. The first-order chi connectivity index (χ1) is 11.8. The van der Waals surface area contributed by atoms with E-state index in [0.717, 1.165) is 16.2 Å². The zero-order valence-electron chi connectivity index (χ0n) is 12.8. The molecule has 0 amide bonds. The lowest BCUT2D eigenvalue weighted by Crippen LogP contribution is -1.98. The lowest BCUT2D eigenvalue weighted by molar-refractivity contribution is 0.420. The van der Waals surface area contributed by atoms with Crippen molar-refractivity contribution in [2.45, 2.75) is 0 Å². The van der Waals surface area contributed by atoms with Crippen LogP contribution in [0.25, 0.3) is 43.7 Å². The number of methoxy groups -OCH3 is 1. The van der Waals surface area contributed by atoms with Gasteiger partial charge in [-0.15, -0.1) is 0 Å². The van der Waals surface area contributed by atoms with Crippen molar-refractivity contribution in [3.8, 4) is 5.75 Å². The number of fused-ring (bicyclic) bond motifs is 7. The van der Waals surface area contributed by atoms with Crippen molar-refractivity contribution in [2.75, 3.05) is 7.11 Å². The molecule has 0 fully saturated rings. The number of furan rings is 1. The van der Waals surface area contributed by atoms with Crippen molar-refractivity contribution in [1.29, 1.82) is 0 Å². The Bertz CT molecular complexity index is 1310. The Kier molecular flexibility index (Phi) is 2.54. The summed E-state index contributed by atoms with van der Waals surface area (Å²) in [5.41, 5.74) is 1.34. The van der Waals surface area contributed by atoms with Crippen molar-refractivity contribution in [2.24, 2.45) is 0 Å². The van der Waals surface area contributed by atoms with Crippen LogP contribution in [0.1, 0.15) is 0 Å². The monoisotopic (exact) mass is 316 g/mol. The topological polar surface area (TPSA) is 52.6 Å². The second kappa shape index (κ2) is 4.61. The SMILES string of the molecule is COc1cc2c(oc3c4ccccc4oc(=O)c23)c2ccccc12. The molecule has 5 aromatic rings. The molecule has 0 radical (unpaired) electrons. The first-order valence-electron chi connectivity index (χ1n) is 7.62. The predicted molar refractivity (Wildman–Crippen MR) is 93.8 cm³/mol. The fourth-order valence-corrected chi connectivity index (χ4v) is 3.34. The van der Waals surface area contributed by atoms with Crippen LogP contribution in [0.2, 0.25) is 0 Å². The maximum absolute atomic E-state index is 12.5. The third-order valence-corrected chi connectivity index (χ3v) is 4.42. The Hall–Kier alpha value is -3.27. The van der Waals surface area contributed by atoms with Crippen LogP contribution in [0.15, 0.2) is 68.2 Å². The molecule has 4 nitrogen and oxygen atoms in total. The Balaban J connectivity index is 2.13. The number of ether oxygens (including phenoxy) is 1. The number of rotatable bonds is 1. The average Bonchev–Trinajstić information content (AvgIpc) is 3.01. The molecule has 4 heteroatoms. The van der Waals surface area contributed by atoms with Crippen LogP contribution in [0.3, 0.4) is 0 Å². The Labute approximate surface area is 135 Å². The van der Waals surface area contributed by atoms with Gasteiger partial charge in [-0.3, -0.25) is 0 Å². The summed E-state index contributed by atoms with van der Waals surface area (Å²) in [5.74, 6) is 0.702. The van der Waals surface area contributed by atoms with Crippen molar-refractivity contribution in [1.82, 2.24) is 0 Å². The van der Waals surface area contributed by atoms with Crippen molar-refractivity contribution in [3.63, 3.8) is 0 Å². The molecule has 0 aliphatic rings. The van der Waals surface area contributed by atoms with Gasteiger partial charge in [0.25, 0.3) is 0 Å². The number of hydrogen-bond donors (Lipinski definition) is 0. The van der Waals surface area contributed by atoms with Crippen LogP contribution in [-0.4, -0.2) is 7.11 Å². The molecule has 116 valence electrons. The van der Waals surface area contributed by atoms with E-state index in [9.17, 15) is 4.79 Å². The second-order valence-corrected chi connectivity index (χ2v) is 5.69. The van der Waals surface area contributed by atoms with Gasteiger partial charge >= 0.3 is 5.63 Å². The number of hydrogen-bond acceptors (Lipinski definition) is 4. The molecule has 0 saturated heterocycles. The summed E-state index contributed by atoms with van der Waals surface area (Å²) in [4.78, 5) is 12.5. The minimum absolute atomic E-state index is 0.403. The van der Waals surface area contributed by atoms with Gasteiger partial charge in [-0.05, 0) is 18.2 Å². The largest absolute Gasteiger partial charge is 0.496 e. The molecule has 0 atom stereocenters. The van der Waals surface area contributed by atoms with Gasteiger partial charge in [-0.1, -0.05) is 36.4 Å². The van der Waals surface area contributed by atoms with Crippen LogP contribution in [0.4, 0.5) is 0 Å². The van der Waals surface area contributed by atoms with Gasteiger partial charge in [0.05, 0.1) is 12.5 Å². The fraction of sp³-hybridized carbons (Fsp3) is 0.0500. The highest BCUT2D eigenvalue weighted by molar-refractivity contribution is 6.20. The number of para-hydroxylation sites is 1.